The molecule has 20 heavy (non-hydrogen) atoms. The monoisotopic (exact) mass is 320 g/mol. The van der Waals surface area contributed by atoms with Crippen LogP contribution in [0.4, 0.5) is 0 Å². The molecule has 3 nitrogen and oxygen atoms in total. The van der Waals surface area contributed by atoms with Gasteiger partial charge in [-0.1, -0.05) is 32.0 Å². The molecule has 1 aliphatic heterocycles. The van der Waals surface area contributed by atoms with Gasteiger partial charge in [0.2, 0.25) is 0 Å². The molecule has 2 rings (SSSR count). The number of nitrogens with zero attached hydrogens (tertiary/aromatic N) is 1. The van der Waals surface area contributed by atoms with E-state index >= 15 is 0 Å². The number of hydrogen-bond acceptors (Lipinski definition) is 3. The summed E-state index contributed by atoms with van der Waals surface area (Å²) >= 11 is 0. The maximum absolute atomic E-state index is 10.4. The van der Waals surface area contributed by atoms with Crippen LogP contribution in [0.5, 0.6) is 5.75 Å². The summed E-state index contributed by atoms with van der Waals surface area (Å²) in [7, 11) is 0. The van der Waals surface area contributed by atoms with Crippen molar-refractivity contribution in [1.29, 1.82) is 0 Å². The molecule has 0 spiro atoms. The number of nitrogens with one attached hydrogen (secondary N) is 1. The van der Waals surface area contributed by atoms with Crippen LogP contribution in [0.25, 0.3) is 0 Å². The van der Waals surface area contributed by atoms with Crippen LogP contribution in [0.1, 0.15) is 37.4 Å². The summed E-state index contributed by atoms with van der Waals surface area (Å²) in [5.41, 5.74) is 2.15. The Hall–Kier alpha value is -0.480. The first-order chi connectivity index (χ1) is 8.77. The van der Waals surface area contributed by atoms with Gasteiger partial charge in [0, 0.05) is 37.8 Å². The number of phenolic OH excluding ortho intramolecular Hbond substituents is 1. The number of halogens is 2. The summed E-state index contributed by atoms with van der Waals surface area (Å²) in [4.78, 5) is 2.48. The first-order valence-corrected chi connectivity index (χ1v) is 7.03. The standard InChI is InChI=1S/C15H24N2O.2ClH/c1-3-12-6-5-7-13(15(12)18)14(4-2)17-10-8-16-9-11-17;;/h5-7,14,16,18H,3-4,8-11H2,1-2H3;2*1H/t14-;;/m0../s1. The number of rotatable bonds is 4. The van der Waals surface area contributed by atoms with Gasteiger partial charge in [-0.15, -0.1) is 24.8 Å². The van der Waals surface area contributed by atoms with E-state index in [0.717, 1.165) is 50.1 Å². The number of benzene rings is 1. The third kappa shape index (κ3) is 4.26. The van der Waals surface area contributed by atoms with Crippen LogP contribution in [0, 0.1) is 0 Å². The van der Waals surface area contributed by atoms with E-state index < -0.39 is 0 Å². The van der Waals surface area contributed by atoms with Crippen LogP contribution in [-0.2, 0) is 6.42 Å². The zero-order valence-electron chi connectivity index (χ0n) is 12.3. The van der Waals surface area contributed by atoms with Crippen LogP contribution < -0.4 is 5.32 Å². The van der Waals surface area contributed by atoms with E-state index in [1.807, 2.05) is 6.07 Å². The molecular weight excluding hydrogens is 295 g/mol. The number of phenols is 1. The van der Waals surface area contributed by atoms with Crippen LogP contribution in [-0.4, -0.2) is 36.2 Å². The largest absolute Gasteiger partial charge is 0.507 e. The van der Waals surface area contributed by atoms with E-state index in [1.165, 1.54) is 0 Å². The van der Waals surface area contributed by atoms with Crippen molar-refractivity contribution in [2.24, 2.45) is 0 Å². The van der Waals surface area contributed by atoms with Gasteiger partial charge in [-0.05, 0) is 18.4 Å². The molecule has 1 aliphatic rings. The summed E-state index contributed by atoms with van der Waals surface area (Å²) in [6, 6.07) is 6.51. The minimum atomic E-state index is 0. The average molecular weight is 321 g/mol. The van der Waals surface area contributed by atoms with Gasteiger partial charge in [0.05, 0.1) is 0 Å². The zero-order valence-corrected chi connectivity index (χ0v) is 13.9. The molecule has 1 heterocycles. The number of piperazine rings is 1. The number of aromatic hydroxyl groups is 1. The van der Waals surface area contributed by atoms with Gasteiger partial charge in [0.25, 0.3) is 0 Å². The summed E-state index contributed by atoms with van der Waals surface area (Å²) in [6.45, 7) is 8.51. The van der Waals surface area contributed by atoms with E-state index in [0.29, 0.717) is 11.8 Å². The van der Waals surface area contributed by atoms with Gasteiger partial charge in [-0.25, -0.2) is 0 Å². The molecule has 2 N–H and O–H groups in total. The predicted molar refractivity (Wildman–Crippen MR) is 89.5 cm³/mol. The number of hydrogen-bond donors (Lipinski definition) is 2. The lowest BCUT2D eigenvalue weighted by molar-refractivity contribution is 0.166. The fourth-order valence-corrected chi connectivity index (χ4v) is 2.83. The SMILES string of the molecule is CCc1cccc([C@H](CC)N2CCNCC2)c1O.Cl.Cl. The van der Waals surface area contributed by atoms with Crippen molar-refractivity contribution < 1.29 is 5.11 Å². The quantitative estimate of drug-likeness (QED) is 0.894. The fourth-order valence-electron chi connectivity index (χ4n) is 2.83. The highest BCUT2D eigenvalue weighted by atomic mass is 35.5. The Morgan fingerprint density at radius 3 is 2.40 bits per heavy atom. The van der Waals surface area contributed by atoms with Gasteiger partial charge in [-0.2, -0.15) is 0 Å². The van der Waals surface area contributed by atoms with E-state index in [1.54, 1.807) is 0 Å². The van der Waals surface area contributed by atoms with E-state index in [2.05, 4.69) is 36.2 Å². The molecule has 1 atom stereocenters. The minimum absolute atomic E-state index is 0. The topological polar surface area (TPSA) is 35.5 Å². The minimum Gasteiger partial charge on any atom is -0.507 e. The highest BCUT2D eigenvalue weighted by Crippen LogP contribution is 2.33. The Bertz CT molecular complexity index is 395. The fraction of sp³-hybridized carbons (Fsp3) is 0.600. The summed E-state index contributed by atoms with van der Waals surface area (Å²) in [6.07, 6.45) is 1.93. The molecule has 1 aromatic rings. The molecule has 0 bridgehead atoms. The van der Waals surface area contributed by atoms with E-state index in [9.17, 15) is 5.11 Å². The van der Waals surface area contributed by atoms with Crippen molar-refractivity contribution in [1.82, 2.24) is 10.2 Å². The molecule has 1 aromatic carbocycles. The summed E-state index contributed by atoms with van der Waals surface area (Å²) in [5.74, 6) is 0.505. The second-order valence-corrected chi connectivity index (χ2v) is 4.92. The van der Waals surface area contributed by atoms with E-state index in [4.69, 9.17) is 0 Å². The first kappa shape index (κ1) is 19.5. The molecule has 0 aromatic heterocycles. The molecule has 1 saturated heterocycles. The normalized spacial score (nSPS) is 16.9. The third-order valence-electron chi connectivity index (χ3n) is 3.87. The predicted octanol–water partition coefficient (Wildman–Crippen LogP) is 3.15. The molecular formula is C15H26Cl2N2O. The maximum atomic E-state index is 10.4. The third-order valence-corrected chi connectivity index (χ3v) is 3.87. The second kappa shape index (κ2) is 9.46. The molecule has 1 fully saturated rings. The molecule has 0 amide bonds. The maximum Gasteiger partial charge on any atom is 0.123 e. The van der Waals surface area contributed by atoms with Gasteiger partial charge in [0.1, 0.15) is 5.75 Å². The Labute approximate surface area is 134 Å². The van der Waals surface area contributed by atoms with Crippen molar-refractivity contribution in [3.8, 4) is 5.75 Å². The Kier molecular flexibility index (Phi) is 9.23. The lowest BCUT2D eigenvalue weighted by atomic mass is 9.97. The zero-order chi connectivity index (χ0) is 13.0. The number of aryl methyl sites for hydroxylation is 1. The Morgan fingerprint density at radius 2 is 1.85 bits per heavy atom. The Balaban J connectivity index is 0.00000180. The van der Waals surface area contributed by atoms with Crippen molar-refractivity contribution >= 4 is 24.8 Å². The summed E-state index contributed by atoms with van der Waals surface area (Å²) in [5, 5.41) is 13.8. The van der Waals surface area contributed by atoms with Crippen molar-refractivity contribution in [3.05, 3.63) is 29.3 Å². The Morgan fingerprint density at radius 1 is 1.20 bits per heavy atom. The molecule has 0 unspecified atom stereocenters. The van der Waals surface area contributed by atoms with Crippen LogP contribution in [0.3, 0.4) is 0 Å². The number of para-hydroxylation sites is 1. The van der Waals surface area contributed by atoms with Crippen molar-refractivity contribution in [2.75, 3.05) is 26.2 Å². The van der Waals surface area contributed by atoms with Gasteiger partial charge < -0.3 is 10.4 Å². The molecule has 0 saturated carbocycles. The lowest BCUT2D eigenvalue weighted by Gasteiger charge is -2.35. The molecule has 0 aliphatic carbocycles. The lowest BCUT2D eigenvalue weighted by Crippen LogP contribution is -2.45. The van der Waals surface area contributed by atoms with Gasteiger partial charge >= 0.3 is 0 Å². The van der Waals surface area contributed by atoms with Crippen LogP contribution in [0.15, 0.2) is 18.2 Å². The van der Waals surface area contributed by atoms with Crippen molar-refractivity contribution in [2.45, 2.75) is 32.7 Å². The van der Waals surface area contributed by atoms with Crippen LogP contribution >= 0.6 is 24.8 Å². The smallest absolute Gasteiger partial charge is 0.123 e. The van der Waals surface area contributed by atoms with Gasteiger partial charge in [-0.3, -0.25) is 4.90 Å². The molecule has 116 valence electrons. The average Bonchev–Trinajstić information content (AvgIpc) is 2.43. The summed E-state index contributed by atoms with van der Waals surface area (Å²) < 4.78 is 0. The van der Waals surface area contributed by atoms with Crippen molar-refractivity contribution in [3.63, 3.8) is 0 Å². The van der Waals surface area contributed by atoms with Crippen LogP contribution in [0.2, 0.25) is 0 Å². The first-order valence-electron chi connectivity index (χ1n) is 7.03. The molecule has 5 heteroatoms. The second-order valence-electron chi connectivity index (χ2n) is 4.92. The molecule has 0 radical (unpaired) electrons. The van der Waals surface area contributed by atoms with Gasteiger partial charge in [0.15, 0.2) is 0 Å². The highest BCUT2D eigenvalue weighted by molar-refractivity contribution is 5.85. The highest BCUT2D eigenvalue weighted by Gasteiger charge is 2.23. The van der Waals surface area contributed by atoms with E-state index in [-0.39, 0.29) is 24.8 Å².